The Morgan fingerprint density at radius 3 is 2.19 bits per heavy atom. The van der Waals surface area contributed by atoms with Crippen LogP contribution in [-0.2, 0) is 9.84 Å². The Hall–Kier alpha value is -0.130. The van der Waals surface area contributed by atoms with Gasteiger partial charge < -0.3 is 10.2 Å². The Kier molecular flexibility index (Phi) is 7.97. The summed E-state index contributed by atoms with van der Waals surface area (Å²) in [5.74, 6) is 0.224. The molecular formula is C11H26N2O2S. The molecule has 5 heteroatoms. The molecule has 98 valence electrons. The summed E-state index contributed by atoms with van der Waals surface area (Å²) in [5, 5.41) is 3.16. The number of nitrogens with zero attached hydrogens (tertiary/aromatic N) is 1. The molecule has 0 aliphatic carbocycles. The zero-order valence-electron chi connectivity index (χ0n) is 11.0. The monoisotopic (exact) mass is 250 g/mol. The van der Waals surface area contributed by atoms with Crippen LogP contribution < -0.4 is 5.32 Å². The van der Waals surface area contributed by atoms with E-state index in [0.29, 0.717) is 12.6 Å². The van der Waals surface area contributed by atoms with Crippen LogP contribution in [0.2, 0.25) is 0 Å². The molecule has 16 heavy (non-hydrogen) atoms. The van der Waals surface area contributed by atoms with E-state index in [1.165, 1.54) is 6.26 Å². The van der Waals surface area contributed by atoms with Crippen molar-refractivity contribution in [2.75, 3.05) is 38.7 Å². The van der Waals surface area contributed by atoms with Crippen molar-refractivity contribution in [1.82, 2.24) is 10.2 Å². The molecule has 0 fully saturated rings. The van der Waals surface area contributed by atoms with Gasteiger partial charge in [-0.25, -0.2) is 8.42 Å². The number of hydrogen-bond donors (Lipinski definition) is 1. The lowest BCUT2D eigenvalue weighted by Crippen LogP contribution is -2.37. The largest absolute Gasteiger partial charge is 0.314 e. The van der Waals surface area contributed by atoms with E-state index in [2.05, 4.69) is 31.1 Å². The first-order valence-corrected chi connectivity index (χ1v) is 8.05. The summed E-state index contributed by atoms with van der Waals surface area (Å²) in [6.07, 6.45) is 3.59. The third-order valence-corrected chi connectivity index (χ3v) is 3.80. The van der Waals surface area contributed by atoms with Crippen LogP contribution in [0.4, 0.5) is 0 Å². The maximum Gasteiger partial charge on any atom is 0.148 e. The lowest BCUT2D eigenvalue weighted by Gasteiger charge is -2.26. The number of rotatable bonds is 9. The van der Waals surface area contributed by atoms with Gasteiger partial charge in [0, 0.05) is 31.9 Å². The van der Waals surface area contributed by atoms with Crippen LogP contribution in [0.15, 0.2) is 0 Å². The molecule has 0 aromatic heterocycles. The van der Waals surface area contributed by atoms with Crippen LogP contribution in [0.1, 0.15) is 26.7 Å². The first kappa shape index (κ1) is 15.9. The number of likely N-dealkylation sites (N-methyl/N-ethyl adjacent to an activating group) is 1. The Morgan fingerprint density at radius 1 is 1.19 bits per heavy atom. The first-order valence-electron chi connectivity index (χ1n) is 5.99. The summed E-state index contributed by atoms with van der Waals surface area (Å²) in [7, 11) is -0.706. The molecule has 0 saturated heterocycles. The highest BCUT2D eigenvalue weighted by molar-refractivity contribution is 7.90. The van der Waals surface area contributed by atoms with Gasteiger partial charge in [-0.05, 0) is 19.9 Å². The van der Waals surface area contributed by atoms with Crippen molar-refractivity contribution >= 4 is 9.84 Å². The number of hydrogen-bond acceptors (Lipinski definition) is 4. The standard InChI is InChI=1S/C11H26N2O2S/c1-5-11(6-2)13(3)9-7-12-8-10-16(4,14)15/h11-12H,5-10H2,1-4H3. The van der Waals surface area contributed by atoms with E-state index in [9.17, 15) is 8.42 Å². The van der Waals surface area contributed by atoms with Crippen molar-refractivity contribution in [2.45, 2.75) is 32.7 Å². The molecule has 0 aliphatic rings. The Labute approximate surface area is 100 Å². The molecule has 0 aliphatic heterocycles. The van der Waals surface area contributed by atoms with Crippen LogP contribution in [0.25, 0.3) is 0 Å². The second kappa shape index (κ2) is 8.03. The zero-order chi connectivity index (χ0) is 12.6. The molecule has 0 atom stereocenters. The van der Waals surface area contributed by atoms with Gasteiger partial charge in [0.05, 0.1) is 5.75 Å². The van der Waals surface area contributed by atoms with E-state index in [4.69, 9.17) is 0 Å². The molecule has 0 aromatic rings. The predicted molar refractivity (Wildman–Crippen MR) is 69.6 cm³/mol. The first-order chi connectivity index (χ1) is 7.40. The van der Waals surface area contributed by atoms with Gasteiger partial charge in [0.25, 0.3) is 0 Å². The summed E-state index contributed by atoms with van der Waals surface area (Å²) in [6, 6.07) is 0.636. The number of sulfone groups is 1. The maximum absolute atomic E-state index is 10.9. The van der Waals surface area contributed by atoms with Crippen LogP contribution in [-0.4, -0.2) is 58.1 Å². The van der Waals surface area contributed by atoms with E-state index in [1.54, 1.807) is 0 Å². The average Bonchev–Trinajstić information content (AvgIpc) is 2.17. The van der Waals surface area contributed by atoms with E-state index in [1.807, 2.05) is 0 Å². The van der Waals surface area contributed by atoms with Crippen molar-refractivity contribution in [3.63, 3.8) is 0 Å². The van der Waals surface area contributed by atoms with Crippen molar-refractivity contribution in [1.29, 1.82) is 0 Å². The summed E-state index contributed by atoms with van der Waals surface area (Å²) >= 11 is 0. The fourth-order valence-corrected chi connectivity index (χ4v) is 2.25. The molecule has 0 aromatic carbocycles. The lowest BCUT2D eigenvalue weighted by atomic mass is 10.1. The van der Waals surface area contributed by atoms with E-state index in [-0.39, 0.29) is 5.75 Å². The Morgan fingerprint density at radius 2 is 1.75 bits per heavy atom. The van der Waals surface area contributed by atoms with Gasteiger partial charge >= 0.3 is 0 Å². The molecular weight excluding hydrogens is 224 g/mol. The highest BCUT2D eigenvalue weighted by Gasteiger charge is 2.09. The number of nitrogens with one attached hydrogen (secondary N) is 1. The van der Waals surface area contributed by atoms with E-state index < -0.39 is 9.84 Å². The third kappa shape index (κ3) is 8.07. The zero-order valence-corrected chi connectivity index (χ0v) is 11.8. The molecule has 0 bridgehead atoms. The fraction of sp³-hybridized carbons (Fsp3) is 1.00. The molecule has 0 saturated carbocycles. The SMILES string of the molecule is CCC(CC)N(C)CCNCCS(C)(=O)=O. The van der Waals surface area contributed by atoms with Crippen molar-refractivity contribution < 1.29 is 8.42 Å². The fourth-order valence-electron chi connectivity index (χ4n) is 1.73. The molecule has 0 spiro atoms. The normalized spacial score (nSPS) is 12.6. The minimum Gasteiger partial charge on any atom is -0.314 e. The van der Waals surface area contributed by atoms with Crippen LogP contribution >= 0.6 is 0 Å². The topological polar surface area (TPSA) is 49.4 Å². The molecule has 0 heterocycles. The van der Waals surface area contributed by atoms with Gasteiger partial charge in [-0.1, -0.05) is 13.8 Å². The average molecular weight is 250 g/mol. The molecule has 4 nitrogen and oxygen atoms in total. The molecule has 0 radical (unpaired) electrons. The van der Waals surface area contributed by atoms with Crippen LogP contribution in [0, 0.1) is 0 Å². The van der Waals surface area contributed by atoms with Gasteiger partial charge in [-0.15, -0.1) is 0 Å². The Bertz CT molecular complexity index is 261. The van der Waals surface area contributed by atoms with Crippen molar-refractivity contribution in [2.24, 2.45) is 0 Å². The van der Waals surface area contributed by atoms with Crippen molar-refractivity contribution in [3.8, 4) is 0 Å². The smallest absolute Gasteiger partial charge is 0.148 e. The minimum atomic E-state index is -2.83. The Balaban J connectivity index is 3.58. The summed E-state index contributed by atoms with van der Waals surface area (Å²) in [6.45, 7) is 6.76. The quantitative estimate of drug-likeness (QED) is 0.613. The van der Waals surface area contributed by atoms with Gasteiger partial charge in [0.15, 0.2) is 0 Å². The second-order valence-electron chi connectivity index (χ2n) is 4.33. The molecule has 1 N–H and O–H groups in total. The molecule has 0 unspecified atom stereocenters. The van der Waals surface area contributed by atoms with Crippen LogP contribution in [0.3, 0.4) is 0 Å². The second-order valence-corrected chi connectivity index (χ2v) is 6.59. The third-order valence-electron chi connectivity index (χ3n) is 2.86. The maximum atomic E-state index is 10.9. The minimum absolute atomic E-state index is 0.224. The van der Waals surface area contributed by atoms with Gasteiger partial charge in [-0.2, -0.15) is 0 Å². The summed E-state index contributed by atoms with van der Waals surface area (Å²) < 4.78 is 21.8. The van der Waals surface area contributed by atoms with E-state index >= 15 is 0 Å². The predicted octanol–water partition coefficient (Wildman–Crippen LogP) is 0.741. The molecule has 0 rings (SSSR count). The van der Waals surface area contributed by atoms with Gasteiger partial charge in [0.2, 0.25) is 0 Å². The summed E-state index contributed by atoms with van der Waals surface area (Å²) in [5.41, 5.74) is 0. The van der Waals surface area contributed by atoms with E-state index in [0.717, 1.165) is 25.9 Å². The highest BCUT2D eigenvalue weighted by atomic mass is 32.2. The van der Waals surface area contributed by atoms with Gasteiger partial charge in [-0.3, -0.25) is 0 Å². The molecule has 0 amide bonds. The highest BCUT2D eigenvalue weighted by Crippen LogP contribution is 2.04. The lowest BCUT2D eigenvalue weighted by molar-refractivity contribution is 0.230. The van der Waals surface area contributed by atoms with Gasteiger partial charge in [0.1, 0.15) is 9.84 Å². The van der Waals surface area contributed by atoms with Crippen molar-refractivity contribution in [3.05, 3.63) is 0 Å². The van der Waals surface area contributed by atoms with Crippen LogP contribution in [0.5, 0.6) is 0 Å². The summed E-state index contributed by atoms with van der Waals surface area (Å²) in [4.78, 5) is 2.33.